The van der Waals surface area contributed by atoms with E-state index in [-0.39, 0.29) is 11.4 Å². The molecule has 1 atom stereocenters. The van der Waals surface area contributed by atoms with E-state index in [9.17, 15) is 14.0 Å². The van der Waals surface area contributed by atoms with Crippen LogP contribution in [0.1, 0.15) is 34.3 Å². The fourth-order valence-electron chi connectivity index (χ4n) is 2.17. The highest BCUT2D eigenvalue weighted by atomic mass is 19.1. The molecule has 0 radical (unpaired) electrons. The highest BCUT2D eigenvalue weighted by molar-refractivity contribution is 5.93. The number of aryl methyl sites for hydroxylation is 2. The van der Waals surface area contributed by atoms with Crippen LogP contribution in [0.4, 0.5) is 4.39 Å². The summed E-state index contributed by atoms with van der Waals surface area (Å²) in [6.45, 7) is 5.07. The lowest BCUT2D eigenvalue weighted by Gasteiger charge is -2.13. The van der Waals surface area contributed by atoms with Crippen molar-refractivity contribution in [2.75, 3.05) is 6.54 Å². The molecule has 2 rings (SSSR count). The van der Waals surface area contributed by atoms with E-state index in [4.69, 9.17) is 9.26 Å². The minimum absolute atomic E-state index is 0.237. The Bertz CT molecular complexity index is 705. The molecule has 6 nitrogen and oxygen atoms in total. The Hall–Kier alpha value is -2.70. The molecule has 1 N–H and O–H groups in total. The lowest BCUT2D eigenvalue weighted by Crippen LogP contribution is -2.37. The third-order valence-corrected chi connectivity index (χ3v) is 3.52. The minimum atomic E-state index is -0.945. The molecule has 1 aromatic heterocycles. The number of benzene rings is 1. The van der Waals surface area contributed by atoms with Crippen molar-refractivity contribution in [2.45, 2.75) is 33.3 Å². The van der Waals surface area contributed by atoms with Gasteiger partial charge in [-0.15, -0.1) is 0 Å². The van der Waals surface area contributed by atoms with E-state index in [0.29, 0.717) is 24.4 Å². The number of nitrogens with one attached hydrogen (secondary N) is 1. The molecule has 24 heavy (non-hydrogen) atoms. The van der Waals surface area contributed by atoms with Crippen molar-refractivity contribution >= 4 is 11.9 Å². The van der Waals surface area contributed by atoms with E-state index in [1.54, 1.807) is 26.0 Å². The van der Waals surface area contributed by atoms with Crippen LogP contribution in [0.15, 0.2) is 28.8 Å². The monoisotopic (exact) mass is 334 g/mol. The van der Waals surface area contributed by atoms with Crippen molar-refractivity contribution in [1.29, 1.82) is 0 Å². The summed E-state index contributed by atoms with van der Waals surface area (Å²) in [6, 6.07) is 6.04. The average molecular weight is 334 g/mol. The number of rotatable bonds is 6. The first-order valence-electron chi connectivity index (χ1n) is 7.54. The van der Waals surface area contributed by atoms with Crippen molar-refractivity contribution in [3.8, 4) is 0 Å². The number of esters is 1. The fourth-order valence-corrected chi connectivity index (χ4v) is 2.17. The molecular formula is C17H19FN2O4. The average Bonchev–Trinajstić information content (AvgIpc) is 2.88. The number of hydrogen-bond acceptors (Lipinski definition) is 5. The number of hydrogen-bond donors (Lipinski definition) is 1. The fraction of sp³-hybridized carbons (Fsp3) is 0.353. The number of aromatic nitrogens is 1. The van der Waals surface area contributed by atoms with Crippen LogP contribution in [0.2, 0.25) is 0 Å². The van der Waals surface area contributed by atoms with Crippen LogP contribution in [0.5, 0.6) is 0 Å². The van der Waals surface area contributed by atoms with Crippen LogP contribution in [0, 0.1) is 19.7 Å². The van der Waals surface area contributed by atoms with Crippen LogP contribution < -0.4 is 5.32 Å². The molecule has 128 valence electrons. The quantitative estimate of drug-likeness (QED) is 0.820. The van der Waals surface area contributed by atoms with Gasteiger partial charge in [-0.05, 0) is 44.9 Å². The third kappa shape index (κ3) is 4.41. The standard InChI is InChI=1S/C17H19FN2O4/c1-10-15(11(2)24-20-10)17(22)23-12(3)16(21)19-9-8-13-4-6-14(18)7-5-13/h4-7,12H,8-9H2,1-3H3,(H,19,21)/t12-/m1/s1. The lowest BCUT2D eigenvalue weighted by atomic mass is 10.1. The van der Waals surface area contributed by atoms with E-state index in [1.807, 2.05) is 0 Å². The van der Waals surface area contributed by atoms with Gasteiger partial charge in [-0.25, -0.2) is 9.18 Å². The Morgan fingerprint density at radius 1 is 1.29 bits per heavy atom. The maximum Gasteiger partial charge on any atom is 0.344 e. The Morgan fingerprint density at radius 2 is 1.96 bits per heavy atom. The molecule has 1 heterocycles. The van der Waals surface area contributed by atoms with Gasteiger partial charge in [-0.2, -0.15) is 0 Å². The first-order valence-corrected chi connectivity index (χ1v) is 7.54. The lowest BCUT2D eigenvalue weighted by molar-refractivity contribution is -0.129. The smallest absolute Gasteiger partial charge is 0.344 e. The van der Waals surface area contributed by atoms with E-state index in [0.717, 1.165) is 5.56 Å². The Kier molecular flexibility index (Phi) is 5.68. The van der Waals surface area contributed by atoms with E-state index < -0.39 is 18.0 Å². The summed E-state index contributed by atoms with van der Waals surface area (Å²) < 4.78 is 22.8. The third-order valence-electron chi connectivity index (χ3n) is 3.52. The maximum atomic E-state index is 12.8. The number of amides is 1. The summed E-state index contributed by atoms with van der Waals surface area (Å²) in [5, 5.41) is 6.35. The van der Waals surface area contributed by atoms with Crippen molar-refractivity contribution in [2.24, 2.45) is 0 Å². The first kappa shape index (κ1) is 17.7. The van der Waals surface area contributed by atoms with Gasteiger partial charge < -0.3 is 14.6 Å². The molecule has 0 bridgehead atoms. The zero-order valence-corrected chi connectivity index (χ0v) is 13.8. The largest absolute Gasteiger partial charge is 0.449 e. The van der Waals surface area contributed by atoms with Crippen LogP contribution in [-0.2, 0) is 16.0 Å². The molecule has 0 fully saturated rings. The first-order chi connectivity index (χ1) is 11.4. The van der Waals surface area contributed by atoms with Crippen molar-refractivity contribution in [3.05, 3.63) is 52.7 Å². The van der Waals surface area contributed by atoms with Gasteiger partial charge >= 0.3 is 5.97 Å². The van der Waals surface area contributed by atoms with Crippen LogP contribution >= 0.6 is 0 Å². The molecule has 1 aromatic carbocycles. The normalized spacial score (nSPS) is 11.8. The molecule has 0 aliphatic heterocycles. The van der Waals surface area contributed by atoms with Crippen LogP contribution in [-0.4, -0.2) is 29.7 Å². The Labute approximate surface area is 139 Å². The second-order valence-corrected chi connectivity index (χ2v) is 5.41. The summed E-state index contributed by atoms with van der Waals surface area (Å²) in [7, 11) is 0. The summed E-state index contributed by atoms with van der Waals surface area (Å²) in [6.07, 6.45) is -0.393. The van der Waals surface area contributed by atoms with Crippen molar-refractivity contribution in [3.63, 3.8) is 0 Å². The maximum absolute atomic E-state index is 12.8. The SMILES string of the molecule is Cc1noc(C)c1C(=O)O[C@H](C)C(=O)NCCc1ccc(F)cc1. The van der Waals surface area contributed by atoms with Gasteiger partial charge in [0.05, 0.1) is 5.69 Å². The zero-order valence-electron chi connectivity index (χ0n) is 13.8. The molecule has 0 saturated carbocycles. The van der Waals surface area contributed by atoms with Crippen LogP contribution in [0.3, 0.4) is 0 Å². The zero-order chi connectivity index (χ0) is 17.7. The second-order valence-electron chi connectivity index (χ2n) is 5.41. The van der Waals surface area contributed by atoms with Crippen LogP contribution in [0.25, 0.3) is 0 Å². The molecule has 7 heteroatoms. The molecular weight excluding hydrogens is 315 g/mol. The predicted molar refractivity (Wildman–Crippen MR) is 84.0 cm³/mol. The van der Waals surface area contributed by atoms with Gasteiger partial charge in [-0.3, -0.25) is 4.79 Å². The van der Waals surface area contributed by atoms with Gasteiger partial charge in [-0.1, -0.05) is 17.3 Å². The second kappa shape index (κ2) is 7.72. The number of nitrogens with zero attached hydrogens (tertiary/aromatic N) is 1. The minimum Gasteiger partial charge on any atom is -0.449 e. The van der Waals surface area contributed by atoms with Crippen molar-refractivity contribution in [1.82, 2.24) is 10.5 Å². The molecule has 0 spiro atoms. The predicted octanol–water partition coefficient (Wildman–Crippen LogP) is 2.33. The van der Waals surface area contributed by atoms with E-state index in [2.05, 4.69) is 10.5 Å². The Balaban J connectivity index is 1.81. The molecule has 0 aliphatic rings. The number of carbonyl (C=O) groups is 2. The van der Waals surface area contributed by atoms with Gasteiger partial charge in [0.1, 0.15) is 17.1 Å². The van der Waals surface area contributed by atoms with Gasteiger partial charge in [0.2, 0.25) is 0 Å². The molecule has 2 aromatic rings. The van der Waals surface area contributed by atoms with Gasteiger partial charge in [0.15, 0.2) is 6.10 Å². The Morgan fingerprint density at radius 3 is 2.54 bits per heavy atom. The summed E-state index contributed by atoms with van der Waals surface area (Å²) in [5.74, 6) is -1.01. The van der Waals surface area contributed by atoms with Gasteiger partial charge in [0, 0.05) is 6.54 Å². The molecule has 0 unspecified atom stereocenters. The molecule has 0 saturated heterocycles. The topological polar surface area (TPSA) is 81.4 Å². The summed E-state index contributed by atoms with van der Waals surface area (Å²) in [5.41, 5.74) is 1.56. The van der Waals surface area contributed by atoms with Gasteiger partial charge in [0.25, 0.3) is 5.91 Å². The molecule has 0 aliphatic carbocycles. The summed E-state index contributed by atoms with van der Waals surface area (Å²) in [4.78, 5) is 24.0. The number of halogens is 1. The number of carbonyl (C=O) groups excluding carboxylic acids is 2. The summed E-state index contributed by atoms with van der Waals surface area (Å²) >= 11 is 0. The van der Waals surface area contributed by atoms with Crippen molar-refractivity contribution < 1.29 is 23.2 Å². The van der Waals surface area contributed by atoms with E-state index >= 15 is 0 Å². The highest BCUT2D eigenvalue weighted by Crippen LogP contribution is 2.14. The number of ether oxygens (including phenoxy) is 1. The van der Waals surface area contributed by atoms with E-state index in [1.165, 1.54) is 19.1 Å². The molecule has 1 amide bonds. The highest BCUT2D eigenvalue weighted by Gasteiger charge is 2.23.